The van der Waals surface area contributed by atoms with Gasteiger partial charge in [-0.15, -0.1) is 0 Å². The number of aryl methyl sites for hydroxylation is 1. The number of aromatic nitrogens is 4. The highest BCUT2D eigenvalue weighted by Crippen LogP contribution is 2.26. The third kappa shape index (κ3) is 2.85. The topological polar surface area (TPSA) is 52.8 Å². The maximum absolute atomic E-state index is 5.40. The molecule has 5 nitrogen and oxygen atoms in total. The monoisotopic (exact) mass is 330 g/mol. The first-order valence-electron chi connectivity index (χ1n) is 8.21. The van der Waals surface area contributed by atoms with Crippen molar-refractivity contribution in [1.29, 1.82) is 0 Å². The molecule has 0 radical (unpaired) electrons. The van der Waals surface area contributed by atoms with E-state index in [2.05, 4.69) is 29.0 Å². The molecule has 0 amide bonds. The number of imidazole rings is 1. The first-order valence-corrected chi connectivity index (χ1v) is 8.21. The first kappa shape index (κ1) is 15.3. The van der Waals surface area contributed by atoms with Crippen LogP contribution in [0.25, 0.3) is 28.0 Å². The van der Waals surface area contributed by atoms with Gasteiger partial charge in [0.15, 0.2) is 5.82 Å². The maximum Gasteiger partial charge on any atom is 0.159 e. The van der Waals surface area contributed by atoms with Crippen LogP contribution in [-0.2, 0) is 6.42 Å². The Balaban J connectivity index is 1.75. The zero-order chi connectivity index (χ0) is 17.2. The molecule has 124 valence electrons. The number of hydrogen-bond acceptors (Lipinski definition) is 4. The van der Waals surface area contributed by atoms with E-state index in [1.807, 2.05) is 41.2 Å². The molecule has 2 aromatic carbocycles. The van der Waals surface area contributed by atoms with Gasteiger partial charge in [-0.1, -0.05) is 6.92 Å². The summed E-state index contributed by atoms with van der Waals surface area (Å²) in [5.74, 6) is 1.62. The first-order chi connectivity index (χ1) is 12.3. The third-order valence-corrected chi connectivity index (χ3v) is 4.29. The highest BCUT2D eigenvalue weighted by atomic mass is 16.5. The lowest BCUT2D eigenvalue weighted by Crippen LogP contribution is -1.95. The Morgan fingerprint density at radius 3 is 2.80 bits per heavy atom. The van der Waals surface area contributed by atoms with E-state index < -0.39 is 0 Å². The molecular weight excluding hydrogens is 312 g/mol. The van der Waals surface area contributed by atoms with Crippen LogP contribution in [0.2, 0.25) is 0 Å². The summed E-state index contributed by atoms with van der Waals surface area (Å²) in [5, 5.41) is 0.999. The molecule has 0 N–H and O–H groups in total. The van der Waals surface area contributed by atoms with Crippen LogP contribution in [0.4, 0.5) is 0 Å². The minimum absolute atomic E-state index is 0.722. The predicted molar refractivity (Wildman–Crippen MR) is 98.0 cm³/mol. The predicted octanol–water partition coefficient (Wildman–Crippen LogP) is 4.05. The molecule has 5 heteroatoms. The van der Waals surface area contributed by atoms with Gasteiger partial charge < -0.3 is 9.30 Å². The van der Waals surface area contributed by atoms with E-state index in [4.69, 9.17) is 9.72 Å². The van der Waals surface area contributed by atoms with Crippen LogP contribution in [0.5, 0.6) is 5.75 Å². The number of hydrogen-bond donors (Lipinski definition) is 0. The molecule has 25 heavy (non-hydrogen) atoms. The van der Waals surface area contributed by atoms with Gasteiger partial charge in [0.2, 0.25) is 0 Å². The second-order valence-corrected chi connectivity index (χ2v) is 5.79. The average molecular weight is 330 g/mol. The number of fused-ring (bicyclic) bond motifs is 1. The summed E-state index contributed by atoms with van der Waals surface area (Å²) >= 11 is 0. The summed E-state index contributed by atoms with van der Waals surface area (Å²) in [5.41, 5.74) is 4.11. The molecular formula is C20H18N4O. The Hall–Kier alpha value is -3.21. The fourth-order valence-electron chi connectivity index (χ4n) is 2.93. The molecule has 0 aliphatic heterocycles. The molecule has 0 aliphatic carbocycles. The van der Waals surface area contributed by atoms with Crippen molar-refractivity contribution >= 4 is 10.9 Å². The van der Waals surface area contributed by atoms with Gasteiger partial charge in [0.25, 0.3) is 0 Å². The second kappa shape index (κ2) is 6.36. The Kier molecular flexibility index (Phi) is 3.90. The van der Waals surface area contributed by atoms with Gasteiger partial charge in [-0.05, 0) is 48.4 Å². The van der Waals surface area contributed by atoms with Crippen molar-refractivity contribution in [3.8, 4) is 22.8 Å². The van der Waals surface area contributed by atoms with Crippen LogP contribution in [-0.4, -0.2) is 26.6 Å². The minimum atomic E-state index is 0.722. The van der Waals surface area contributed by atoms with E-state index in [1.165, 1.54) is 0 Å². The minimum Gasteiger partial charge on any atom is -0.496 e. The molecule has 0 saturated heterocycles. The van der Waals surface area contributed by atoms with Gasteiger partial charge in [0, 0.05) is 35.2 Å². The molecule has 0 fully saturated rings. The van der Waals surface area contributed by atoms with E-state index in [9.17, 15) is 0 Å². The lowest BCUT2D eigenvalue weighted by molar-refractivity contribution is 0.410. The summed E-state index contributed by atoms with van der Waals surface area (Å²) < 4.78 is 7.36. The zero-order valence-corrected chi connectivity index (χ0v) is 14.2. The van der Waals surface area contributed by atoms with Gasteiger partial charge in [0.1, 0.15) is 5.75 Å². The van der Waals surface area contributed by atoms with Crippen LogP contribution in [0.15, 0.2) is 61.3 Å². The lowest BCUT2D eigenvalue weighted by Gasteiger charge is -2.09. The highest BCUT2D eigenvalue weighted by Gasteiger charge is 2.08. The van der Waals surface area contributed by atoms with Gasteiger partial charge in [-0.2, -0.15) is 0 Å². The van der Waals surface area contributed by atoms with Crippen LogP contribution in [0, 0.1) is 0 Å². The normalized spacial score (nSPS) is 11.0. The molecule has 0 unspecified atom stereocenters. The largest absolute Gasteiger partial charge is 0.496 e. The molecule has 0 saturated carbocycles. The fourth-order valence-corrected chi connectivity index (χ4v) is 2.93. The smallest absolute Gasteiger partial charge is 0.159 e. The summed E-state index contributed by atoms with van der Waals surface area (Å²) in [6, 6.07) is 12.2. The van der Waals surface area contributed by atoms with E-state index in [1.54, 1.807) is 19.6 Å². The van der Waals surface area contributed by atoms with Crippen LogP contribution in [0.1, 0.15) is 12.5 Å². The molecule has 0 bridgehead atoms. The average Bonchev–Trinajstić information content (AvgIpc) is 3.21. The molecule has 0 atom stereocenters. The van der Waals surface area contributed by atoms with Gasteiger partial charge in [-0.3, -0.25) is 0 Å². The van der Waals surface area contributed by atoms with Crippen LogP contribution >= 0.6 is 0 Å². The van der Waals surface area contributed by atoms with Crippen molar-refractivity contribution in [1.82, 2.24) is 19.5 Å². The fraction of sp³-hybridized carbons (Fsp3) is 0.150. The molecule has 0 spiro atoms. The van der Waals surface area contributed by atoms with Crippen LogP contribution in [0.3, 0.4) is 0 Å². The van der Waals surface area contributed by atoms with Gasteiger partial charge >= 0.3 is 0 Å². The van der Waals surface area contributed by atoms with Crippen molar-refractivity contribution in [3.63, 3.8) is 0 Å². The molecule has 2 heterocycles. The van der Waals surface area contributed by atoms with Crippen LogP contribution < -0.4 is 4.74 Å². The van der Waals surface area contributed by atoms with Crippen molar-refractivity contribution in [3.05, 3.63) is 66.9 Å². The lowest BCUT2D eigenvalue weighted by atomic mass is 10.1. The Bertz CT molecular complexity index is 1030. The molecule has 0 aliphatic rings. The standard InChI is InChI=1S/C20H18N4O/c1-3-14-10-15(4-7-19(14)25-2)20-22-12-16-11-17(5-6-18(16)23-20)24-9-8-21-13-24/h4-13H,3H2,1-2H3. The molecule has 4 rings (SSSR count). The Labute approximate surface area is 146 Å². The van der Waals surface area contributed by atoms with E-state index in [-0.39, 0.29) is 0 Å². The number of nitrogens with zero attached hydrogens (tertiary/aromatic N) is 4. The quantitative estimate of drug-likeness (QED) is 0.566. The Morgan fingerprint density at radius 1 is 1.12 bits per heavy atom. The number of benzene rings is 2. The van der Waals surface area contributed by atoms with E-state index in [0.29, 0.717) is 0 Å². The summed E-state index contributed by atoms with van der Waals surface area (Å²) in [6.07, 6.45) is 8.23. The van der Waals surface area contributed by atoms with E-state index in [0.717, 1.165) is 45.7 Å². The van der Waals surface area contributed by atoms with E-state index >= 15 is 0 Å². The number of rotatable bonds is 4. The maximum atomic E-state index is 5.40. The molecule has 2 aromatic heterocycles. The summed E-state index contributed by atoms with van der Waals surface area (Å²) in [7, 11) is 1.69. The van der Waals surface area contributed by atoms with Crippen molar-refractivity contribution in [2.24, 2.45) is 0 Å². The second-order valence-electron chi connectivity index (χ2n) is 5.79. The Morgan fingerprint density at radius 2 is 2.04 bits per heavy atom. The molecule has 4 aromatic rings. The summed E-state index contributed by atoms with van der Waals surface area (Å²) in [6.45, 7) is 2.11. The highest BCUT2D eigenvalue weighted by molar-refractivity contribution is 5.81. The zero-order valence-electron chi connectivity index (χ0n) is 14.2. The van der Waals surface area contributed by atoms with Crippen molar-refractivity contribution in [2.75, 3.05) is 7.11 Å². The SMILES string of the molecule is CCc1cc(-c2ncc3cc(-n4ccnc4)ccc3n2)ccc1OC. The van der Waals surface area contributed by atoms with Gasteiger partial charge in [0.05, 0.1) is 19.0 Å². The summed E-state index contributed by atoms with van der Waals surface area (Å²) in [4.78, 5) is 13.4. The van der Waals surface area contributed by atoms with Crippen molar-refractivity contribution in [2.45, 2.75) is 13.3 Å². The number of methoxy groups -OCH3 is 1. The van der Waals surface area contributed by atoms with Crippen molar-refractivity contribution < 1.29 is 4.74 Å². The third-order valence-electron chi connectivity index (χ3n) is 4.29. The number of ether oxygens (including phenoxy) is 1. The van der Waals surface area contributed by atoms with Gasteiger partial charge in [-0.25, -0.2) is 15.0 Å².